The van der Waals surface area contributed by atoms with Crippen LogP contribution in [0.3, 0.4) is 0 Å². The van der Waals surface area contributed by atoms with Crippen molar-refractivity contribution in [1.82, 2.24) is 10.2 Å². The highest BCUT2D eigenvalue weighted by molar-refractivity contribution is 9.10. The van der Waals surface area contributed by atoms with Crippen molar-refractivity contribution in [3.8, 4) is 5.75 Å². The molecule has 1 aromatic rings. The third-order valence-electron chi connectivity index (χ3n) is 2.39. The van der Waals surface area contributed by atoms with Crippen LogP contribution in [0.4, 0.5) is 4.39 Å². The molecule has 0 amide bonds. The molecule has 0 radical (unpaired) electrons. The second-order valence-electron chi connectivity index (χ2n) is 4.33. The Morgan fingerprint density at radius 1 is 1.33 bits per heavy atom. The average molecular weight is 319 g/mol. The van der Waals surface area contributed by atoms with Gasteiger partial charge in [-0.1, -0.05) is 0 Å². The Labute approximate surface area is 116 Å². The largest absolute Gasteiger partial charge is 0.491 e. The lowest BCUT2D eigenvalue weighted by Gasteiger charge is -2.11. The standard InChI is InChI=1S/C13H20BrFN2O/c1-17(2)8-3-6-16-7-9-18-13-10-11(15)4-5-12(13)14/h4-5,10,16H,3,6-9H2,1-2H3. The van der Waals surface area contributed by atoms with Crippen molar-refractivity contribution in [2.24, 2.45) is 0 Å². The minimum absolute atomic E-state index is 0.285. The van der Waals surface area contributed by atoms with Crippen molar-refractivity contribution in [1.29, 1.82) is 0 Å². The second kappa shape index (κ2) is 8.45. The Hall–Kier alpha value is -0.650. The van der Waals surface area contributed by atoms with Crippen molar-refractivity contribution < 1.29 is 9.13 Å². The van der Waals surface area contributed by atoms with Crippen molar-refractivity contribution in [2.75, 3.05) is 40.3 Å². The number of rotatable bonds is 8. The van der Waals surface area contributed by atoms with Crippen LogP contribution in [0.15, 0.2) is 22.7 Å². The summed E-state index contributed by atoms with van der Waals surface area (Å²) in [6.07, 6.45) is 1.11. The van der Waals surface area contributed by atoms with Gasteiger partial charge in [-0.05, 0) is 61.7 Å². The van der Waals surface area contributed by atoms with Gasteiger partial charge in [-0.15, -0.1) is 0 Å². The Morgan fingerprint density at radius 2 is 2.11 bits per heavy atom. The van der Waals surface area contributed by atoms with Crippen LogP contribution >= 0.6 is 15.9 Å². The van der Waals surface area contributed by atoms with E-state index in [1.807, 2.05) is 0 Å². The molecule has 0 aromatic heterocycles. The number of benzene rings is 1. The van der Waals surface area contributed by atoms with E-state index in [1.54, 1.807) is 6.07 Å². The van der Waals surface area contributed by atoms with E-state index < -0.39 is 0 Å². The molecule has 0 heterocycles. The molecule has 0 unspecified atom stereocenters. The van der Waals surface area contributed by atoms with Crippen LogP contribution in [0, 0.1) is 5.82 Å². The van der Waals surface area contributed by atoms with Crippen LogP contribution in [0.2, 0.25) is 0 Å². The van der Waals surface area contributed by atoms with Crippen molar-refractivity contribution in [3.05, 3.63) is 28.5 Å². The third kappa shape index (κ3) is 6.33. The lowest BCUT2D eigenvalue weighted by atomic mass is 10.3. The van der Waals surface area contributed by atoms with Crippen molar-refractivity contribution in [2.45, 2.75) is 6.42 Å². The zero-order chi connectivity index (χ0) is 13.4. The van der Waals surface area contributed by atoms with Crippen LogP contribution in [-0.4, -0.2) is 45.2 Å². The highest BCUT2D eigenvalue weighted by Gasteiger charge is 2.02. The van der Waals surface area contributed by atoms with Gasteiger partial charge in [0.05, 0.1) is 4.47 Å². The molecule has 5 heteroatoms. The number of nitrogens with zero attached hydrogens (tertiary/aromatic N) is 1. The van der Waals surface area contributed by atoms with E-state index in [9.17, 15) is 4.39 Å². The molecule has 0 bridgehead atoms. The van der Waals surface area contributed by atoms with Gasteiger partial charge >= 0.3 is 0 Å². The number of halogens is 2. The Balaban J connectivity index is 2.12. The molecule has 1 N–H and O–H groups in total. The Morgan fingerprint density at radius 3 is 2.83 bits per heavy atom. The summed E-state index contributed by atoms with van der Waals surface area (Å²) in [5, 5.41) is 3.28. The summed E-state index contributed by atoms with van der Waals surface area (Å²) in [5.41, 5.74) is 0. The number of hydrogen-bond donors (Lipinski definition) is 1. The van der Waals surface area contributed by atoms with E-state index in [0.717, 1.165) is 30.5 Å². The maximum absolute atomic E-state index is 13.0. The molecular formula is C13H20BrFN2O. The Bertz CT molecular complexity index is 361. The highest BCUT2D eigenvalue weighted by atomic mass is 79.9. The van der Waals surface area contributed by atoms with Gasteiger partial charge in [-0.3, -0.25) is 0 Å². The minimum Gasteiger partial charge on any atom is -0.491 e. The fourth-order valence-electron chi connectivity index (χ4n) is 1.47. The molecule has 0 aliphatic rings. The molecule has 1 aromatic carbocycles. The van der Waals surface area contributed by atoms with E-state index in [0.29, 0.717) is 12.4 Å². The lowest BCUT2D eigenvalue weighted by Crippen LogP contribution is -2.25. The minimum atomic E-state index is -0.285. The van der Waals surface area contributed by atoms with Gasteiger partial charge in [0.1, 0.15) is 18.2 Å². The quantitative estimate of drug-likeness (QED) is 0.745. The first-order valence-corrected chi connectivity index (χ1v) is 6.82. The van der Waals surface area contributed by atoms with Gasteiger partial charge in [0.15, 0.2) is 0 Å². The van der Waals surface area contributed by atoms with Gasteiger partial charge in [-0.2, -0.15) is 0 Å². The molecule has 0 aliphatic carbocycles. The molecule has 0 fully saturated rings. The van der Waals surface area contributed by atoms with E-state index >= 15 is 0 Å². The number of nitrogens with one attached hydrogen (secondary N) is 1. The molecule has 0 aliphatic heterocycles. The molecule has 0 atom stereocenters. The van der Waals surface area contributed by atoms with Crippen LogP contribution in [0.5, 0.6) is 5.75 Å². The maximum Gasteiger partial charge on any atom is 0.136 e. The first kappa shape index (κ1) is 15.4. The average Bonchev–Trinajstić information content (AvgIpc) is 2.32. The highest BCUT2D eigenvalue weighted by Crippen LogP contribution is 2.25. The van der Waals surface area contributed by atoms with Crippen molar-refractivity contribution >= 4 is 15.9 Å². The van der Waals surface area contributed by atoms with Crippen LogP contribution in [0.25, 0.3) is 0 Å². The summed E-state index contributed by atoms with van der Waals surface area (Å²) in [4.78, 5) is 2.15. The number of hydrogen-bond acceptors (Lipinski definition) is 3. The molecule has 1 rings (SSSR count). The first-order valence-electron chi connectivity index (χ1n) is 6.03. The SMILES string of the molecule is CN(C)CCCNCCOc1cc(F)ccc1Br. The summed E-state index contributed by atoms with van der Waals surface area (Å²) in [7, 11) is 4.12. The molecule has 0 saturated carbocycles. The van der Waals surface area contributed by atoms with E-state index in [1.165, 1.54) is 12.1 Å². The first-order chi connectivity index (χ1) is 8.59. The molecule has 102 valence electrons. The van der Waals surface area contributed by atoms with Gasteiger partial charge in [0, 0.05) is 12.6 Å². The summed E-state index contributed by atoms with van der Waals surface area (Å²) >= 11 is 3.32. The molecule has 3 nitrogen and oxygen atoms in total. The summed E-state index contributed by atoms with van der Waals surface area (Å²) in [6, 6.07) is 4.43. The van der Waals surface area contributed by atoms with Gasteiger partial charge in [0.25, 0.3) is 0 Å². The van der Waals surface area contributed by atoms with Crippen LogP contribution in [0.1, 0.15) is 6.42 Å². The second-order valence-corrected chi connectivity index (χ2v) is 5.18. The molecule has 0 saturated heterocycles. The number of ether oxygens (including phenoxy) is 1. The van der Waals surface area contributed by atoms with Crippen molar-refractivity contribution in [3.63, 3.8) is 0 Å². The van der Waals surface area contributed by atoms with Gasteiger partial charge < -0.3 is 15.0 Å². The van der Waals surface area contributed by atoms with E-state index in [2.05, 4.69) is 40.2 Å². The summed E-state index contributed by atoms with van der Waals surface area (Å²) < 4.78 is 19.2. The molecule has 0 spiro atoms. The predicted octanol–water partition coefficient (Wildman–Crippen LogP) is 2.51. The van der Waals surface area contributed by atoms with Crippen LogP contribution < -0.4 is 10.1 Å². The zero-order valence-electron chi connectivity index (χ0n) is 10.9. The van der Waals surface area contributed by atoms with Gasteiger partial charge in [-0.25, -0.2) is 4.39 Å². The fraction of sp³-hybridized carbons (Fsp3) is 0.538. The van der Waals surface area contributed by atoms with E-state index in [4.69, 9.17) is 4.74 Å². The Kier molecular flexibility index (Phi) is 7.23. The van der Waals surface area contributed by atoms with Gasteiger partial charge in [0.2, 0.25) is 0 Å². The lowest BCUT2D eigenvalue weighted by molar-refractivity contribution is 0.308. The third-order valence-corrected chi connectivity index (χ3v) is 3.04. The van der Waals surface area contributed by atoms with Crippen LogP contribution in [-0.2, 0) is 0 Å². The maximum atomic E-state index is 13.0. The monoisotopic (exact) mass is 318 g/mol. The normalized spacial score (nSPS) is 10.9. The topological polar surface area (TPSA) is 24.5 Å². The fourth-order valence-corrected chi connectivity index (χ4v) is 1.83. The zero-order valence-corrected chi connectivity index (χ0v) is 12.5. The van der Waals surface area contributed by atoms with E-state index in [-0.39, 0.29) is 5.82 Å². The molecular weight excluding hydrogens is 299 g/mol. The predicted molar refractivity (Wildman–Crippen MR) is 75.6 cm³/mol. The molecule has 18 heavy (non-hydrogen) atoms. The summed E-state index contributed by atoms with van der Waals surface area (Å²) in [5.74, 6) is 0.261. The smallest absolute Gasteiger partial charge is 0.136 e. The summed E-state index contributed by atoms with van der Waals surface area (Å²) in [6.45, 7) is 3.33.